The lowest BCUT2D eigenvalue weighted by Crippen LogP contribution is -2.41. The molecule has 2 saturated carbocycles. The number of aliphatic imine (C=N–C) groups is 1. The van der Waals surface area contributed by atoms with Crippen molar-refractivity contribution in [3.63, 3.8) is 0 Å². The maximum atomic E-state index is 15.3. The molecule has 7 heteroatoms. The Hall–Kier alpha value is -3.48. The second kappa shape index (κ2) is 7.51. The molecule has 1 spiro atoms. The van der Waals surface area contributed by atoms with Gasteiger partial charge in [-0.2, -0.15) is 0 Å². The minimum atomic E-state index is -0.654. The number of amidine groups is 1. The van der Waals surface area contributed by atoms with Crippen molar-refractivity contribution in [2.45, 2.75) is 37.6 Å². The maximum absolute atomic E-state index is 15.3. The lowest BCUT2D eigenvalue weighted by atomic mass is 10.0. The zero-order chi connectivity index (χ0) is 23.7. The lowest BCUT2D eigenvalue weighted by Gasteiger charge is -2.24. The SMILES string of the molecule is O=C(C1CC1)N1CCC(CN2C(=O)C3(CC3)N=C2c2ccc(-c3ccc4occc4c3)c(F)c2)C1. The van der Waals surface area contributed by atoms with E-state index in [1.54, 1.807) is 17.2 Å². The summed E-state index contributed by atoms with van der Waals surface area (Å²) in [6.45, 7) is 1.96. The van der Waals surface area contributed by atoms with E-state index in [0.29, 0.717) is 30.1 Å². The molecule has 0 radical (unpaired) electrons. The third-order valence-corrected chi connectivity index (χ3v) is 7.90. The second-order valence-electron chi connectivity index (χ2n) is 10.5. The van der Waals surface area contributed by atoms with Gasteiger partial charge in [-0.3, -0.25) is 19.5 Å². The molecule has 0 bridgehead atoms. The van der Waals surface area contributed by atoms with Crippen LogP contribution in [0.25, 0.3) is 22.1 Å². The molecule has 0 N–H and O–H groups in total. The molecule has 35 heavy (non-hydrogen) atoms. The van der Waals surface area contributed by atoms with Crippen LogP contribution < -0.4 is 0 Å². The Morgan fingerprint density at radius 3 is 2.69 bits per heavy atom. The van der Waals surface area contributed by atoms with Crippen LogP contribution in [0.1, 0.15) is 37.7 Å². The number of fused-ring (bicyclic) bond motifs is 1. The number of hydrogen-bond donors (Lipinski definition) is 0. The van der Waals surface area contributed by atoms with Gasteiger partial charge in [0.25, 0.3) is 5.91 Å². The highest BCUT2D eigenvalue weighted by Crippen LogP contribution is 2.46. The summed E-state index contributed by atoms with van der Waals surface area (Å²) in [5.41, 5.74) is 2.00. The van der Waals surface area contributed by atoms with Gasteiger partial charge in [0.15, 0.2) is 0 Å². The normalized spacial score (nSPS) is 22.9. The fourth-order valence-electron chi connectivity index (χ4n) is 5.54. The number of nitrogens with zero attached hydrogens (tertiary/aromatic N) is 3. The first kappa shape index (κ1) is 20.9. The summed E-state index contributed by atoms with van der Waals surface area (Å²) in [4.78, 5) is 34.3. The summed E-state index contributed by atoms with van der Waals surface area (Å²) in [6.07, 6.45) is 5.99. The van der Waals surface area contributed by atoms with Gasteiger partial charge in [0.05, 0.1) is 6.26 Å². The van der Waals surface area contributed by atoms with E-state index >= 15 is 4.39 Å². The topological polar surface area (TPSA) is 66.1 Å². The first-order valence-corrected chi connectivity index (χ1v) is 12.5. The van der Waals surface area contributed by atoms with Crippen LogP contribution >= 0.6 is 0 Å². The highest BCUT2D eigenvalue weighted by Gasteiger charge is 2.57. The second-order valence-corrected chi connectivity index (χ2v) is 10.5. The molecule has 2 amide bonds. The largest absolute Gasteiger partial charge is 0.464 e. The van der Waals surface area contributed by atoms with Crippen molar-refractivity contribution >= 4 is 28.6 Å². The number of hydrogen-bond acceptors (Lipinski definition) is 4. The summed E-state index contributed by atoms with van der Waals surface area (Å²) >= 11 is 0. The summed E-state index contributed by atoms with van der Waals surface area (Å²) in [5.74, 6) is 0.930. The average molecular weight is 472 g/mol. The maximum Gasteiger partial charge on any atom is 0.256 e. The van der Waals surface area contributed by atoms with Gasteiger partial charge < -0.3 is 9.32 Å². The minimum absolute atomic E-state index is 0.0226. The van der Waals surface area contributed by atoms with Crippen LogP contribution in [0.15, 0.2) is 58.1 Å². The first-order valence-electron chi connectivity index (χ1n) is 12.5. The van der Waals surface area contributed by atoms with Crippen molar-refractivity contribution in [1.82, 2.24) is 9.80 Å². The number of benzene rings is 2. The average Bonchev–Trinajstić information content (AvgIpc) is 3.74. The van der Waals surface area contributed by atoms with E-state index in [1.807, 2.05) is 35.2 Å². The monoisotopic (exact) mass is 471 g/mol. The van der Waals surface area contributed by atoms with Crippen LogP contribution in [0.3, 0.4) is 0 Å². The van der Waals surface area contributed by atoms with Gasteiger partial charge in [0, 0.05) is 42.1 Å². The number of carbonyl (C=O) groups is 2. The van der Waals surface area contributed by atoms with Crippen molar-refractivity contribution in [2.75, 3.05) is 19.6 Å². The number of carbonyl (C=O) groups excluding carboxylic acids is 2. The molecule has 7 rings (SSSR count). The molecule has 6 nitrogen and oxygen atoms in total. The Kier molecular flexibility index (Phi) is 4.47. The lowest BCUT2D eigenvalue weighted by molar-refractivity contribution is -0.131. The fourth-order valence-corrected chi connectivity index (χ4v) is 5.54. The predicted molar refractivity (Wildman–Crippen MR) is 129 cm³/mol. The molecule has 2 aromatic carbocycles. The van der Waals surface area contributed by atoms with E-state index in [9.17, 15) is 9.59 Å². The Balaban J connectivity index is 1.15. The molecule has 3 aromatic rings. The van der Waals surface area contributed by atoms with Gasteiger partial charge >= 0.3 is 0 Å². The highest BCUT2D eigenvalue weighted by atomic mass is 19.1. The van der Waals surface area contributed by atoms with Crippen molar-refractivity contribution in [1.29, 1.82) is 0 Å². The minimum Gasteiger partial charge on any atom is -0.464 e. The molecule has 1 saturated heterocycles. The zero-order valence-electron chi connectivity index (χ0n) is 19.4. The number of rotatable bonds is 5. The number of furan rings is 1. The summed E-state index contributed by atoms with van der Waals surface area (Å²) in [5, 5.41) is 0.921. The third-order valence-electron chi connectivity index (χ3n) is 7.90. The van der Waals surface area contributed by atoms with Crippen LogP contribution in [0.4, 0.5) is 4.39 Å². The Morgan fingerprint density at radius 2 is 1.91 bits per heavy atom. The molecular weight excluding hydrogens is 445 g/mol. The molecule has 1 unspecified atom stereocenters. The van der Waals surface area contributed by atoms with E-state index in [2.05, 4.69) is 0 Å². The van der Waals surface area contributed by atoms with Crippen LogP contribution in [-0.2, 0) is 9.59 Å². The summed E-state index contributed by atoms with van der Waals surface area (Å²) < 4.78 is 20.7. The van der Waals surface area contributed by atoms with Crippen LogP contribution in [-0.4, -0.2) is 52.6 Å². The third kappa shape index (κ3) is 3.48. The van der Waals surface area contributed by atoms with Gasteiger partial charge in [0.1, 0.15) is 22.8 Å². The van der Waals surface area contributed by atoms with Crippen LogP contribution in [0, 0.1) is 17.7 Å². The summed E-state index contributed by atoms with van der Waals surface area (Å²) in [7, 11) is 0. The molecular formula is C28H26FN3O3. The van der Waals surface area contributed by atoms with Gasteiger partial charge in [-0.15, -0.1) is 0 Å². The van der Waals surface area contributed by atoms with E-state index in [4.69, 9.17) is 9.41 Å². The number of likely N-dealkylation sites (tertiary alicyclic amines) is 1. The Morgan fingerprint density at radius 1 is 1.09 bits per heavy atom. The number of halogens is 1. The van der Waals surface area contributed by atoms with Gasteiger partial charge in [0.2, 0.25) is 5.91 Å². The van der Waals surface area contributed by atoms with E-state index < -0.39 is 5.54 Å². The first-order chi connectivity index (χ1) is 17.0. The fraction of sp³-hybridized carbons (Fsp3) is 0.393. The quantitative estimate of drug-likeness (QED) is 0.546. The van der Waals surface area contributed by atoms with Crippen molar-refractivity contribution in [3.8, 4) is 11.1 Å². The van der Waals surface area contributed by atoms with E-state index in [1.165, 1.54) is 6.07 Å². The molecule has 2 aliphatic heterocycles. The highest BCUT2D eigenvalue weighted by molar-refractivity contribution is 6.16. The van der Waals surface area contributed by atoms with E-state index in [-0.39, 0.29) is 29.5 Å². The van der Waals surface area contributed by atoms with Crippen molar-refractivity contribution in [3.05, 3.63) is 60.1 Å². The Labute approximate surface area is 202 Å². The molecule has 1 atom stereocenters. The zero-order valence-corrected chi connectivity index (χ0v) is 19.4. The van der Waals surface area contributed by atoms with Crippen molar-refractivity contribution in [2.24, 2.45) is 16.8 Å². The molecule has 4 aliphatic rings. The predicted octanol–water partition coefficient (Wildman–Crippen LogP) is 4.62. The van der Waals surface area contributed by atoms with Crippen LogP contribution in [0.5, 0.6) is 0 Å². The molecule has 1 aromatic heterocycles. The van der Waals surface area contributed by atoms with Gasteiger partial charge in [-0.25, -0.2) is 4.39 Å². The molecule has 2 aliphatic carbocycles. The van der Waals surface area contributed by atoms with E-state index in [0.717, 1.165) is 55.2 Å². The standard InChI is InChI=1S/C28H26FN3O3/c29-23-14-21(3-5-22(23)19-4-6-24-20(13-19)8-12-35-24)25-30-28(9-10-28)27(34)32(25)16-17-7-11-31(15-17)26(33)18-1-2-18/h3-6,8,12-14,17-18H,1-2,7,9-11,15-16H2. The van der Waals surface area contributed by atoms with Crippen LogP contribution in [0.2, 0.25) is 0 Å². The Bertz CT molecular complexity index is 1400. The van der Waals surface area contributed by atoms with Gasteiger partial charge in [-0.1, -0.05) is 18.2 Å². The van der Waals surface area contributed by atoms with Crippen molar-refractivity contribution < 1.29 is 18.4 Å². The molecule has 3 heterocycles. The summed E-state index contributed by atoms with van der Waals surface area (Å²) in [6, 6.07) is 12.6. The molecule has 3 fully saturated rings. The smallest absolute Gasteiger partial charge is 0.256 e. The number of amides is 2. The van der Waals surface area contributed by atoms with Gasteiger partial charge in [-0.05, 0) is 67.9 Å². The molecule has 178 valence electrons.